The van der Waals surface area contributed by atoms with Gasteiger partial charge in [0.25, 0.3) is 11.8 Å². The van der Waals surface area contributed by atoms with Crippen LogP contribution in [0.5, 0.6) is 0 Å². The van der Waals surface area contributed by atoms with Crippen LogP contribution in [0.3, 0.4) is 0 Å². The van der Waals surface area contributed by atoms with Crippen LogP contribution in [0, 0.1) is 5.92 Å². The maximum absolute atomic E-state index is 13.6. The molecule has 420 valence electrons. The predicted molar refractivity (Wildman–Crippen MR) is 289 cm³/mol. The first kappa shape index (κ1) is 58.5. The highest BCUT2D eigenvalue weighted by Crippen LogP contribution is 2.37. The molecular formula is C55H68N12O12. The maximum Gasteiger partial charge on any atom is 0.407 e. The zero-order valence-electron chi connectivity index (χ0n) is 44.4. The van der Waals surface area contributed by atoms with Gasteiger partial charge in [-0.3, -0.25) is 43.5 Å². The van der Waals surface area contributed by atoms with Crippen LogP contribution in [0.1, 0.15) is 56.5 Å². The van der Waals surface area contributed by atoms with E-state index < -0.39 is 41.9 Å². The molecule has 79 heavy (non-hydrogen) atoms. The number of aromatic nitrogens is 5. The Labute approximate surface area is 456 Å². The average molecular weight is 1090 g/mol. The van der Waals surface area contributed by atoms with E-state index >= 15 is 0 Å². The third kappa shape index (κ3) is 17.9. The summed E-state index contributed by atoms with van der Waals surface area (Å²) in [7, 11) is 0. The van der Waals surface area contributed by atoms with Gasteiger partial charge in [-0.1, -0.05) is 38.1 Å². The van der Waals surface area contributed by atoms with Crippen LogP contribution in [0.4, 0.5) is 15.3 Å². The number of alkyl carbamates (subject to hydrolysis) is 1. The van der Waals surface area contributed by atoms with Crippen LogP contribution in [0.25, 0.3) is 33.5 Å². The lowest BCUT2D eigenvalue weighted by molar-refractivity contribution is -0.137. The molecule has 2 aliphatic rings. The summed E-state index contributed by atoms with van der Waals surface area (Å²) in [6, 6.07) is 15.7. The summed E-state index contributed by atoms with van der Waals surface area (Å²) >= 11 is 0. The summed E-state index contributed by atoms with van der Waals surface area (Å²) in [5.74, 6) is -2.58. The summed E-state index contributed by atoms with van der Waals surface area (Å²) in [4.78, 5) is 102. The fourth-order valence-electron chi connectivity index (χ4n) is 8.61. The van der Waals surface area contributed by atoms with Crippen LogP contribution in [-0.2, 0) is 73.7 Å². The number of rotatable bonds is 32. The van der Waals surface area contributed by atoms with Crippen molar-refractivity contribution in [1.29, 1.82) is 0 Å². The Morgan fingerprint density at radius 3 is 2.19 bits per heavy atom. The zero-order chi connectivity index (χ0) is 55.9. The molecule has 5 heterocycles. The van der Waals surface area contributed by atoms with E-state index in [0.29, 0.717) is 56.2 Å². The minimum absolute atomic E-state index is 0.0290. The number of carbonyl (C=O) groups excluding carboxylic acids is 7. The summed E-state index contributed by atoms with van der Waals surface area (Å²) in [6.07, 6.45) is 8.08. The molecule has 24 heteroatoms. The molecule has 0 saturated carbocycles. The van der Waals surface area contributed by atoms with E-state index in [-0.39, 0.29) is 83.2 Å². The van der Waals surface area contributed by atoms with Crippen LogP contribution >= 0.6 is 0 Å². The monoisotopic (exact) mass is 1090 g/mol. The molecule has 2 aliphatic heterocycles. The van der Waals surface area contributed by atoms with Crippen molar-refractivity contribution in [2.45, 2.75) is 77.6 Å². The van der Waals surface area contributed by atoms with Gasteiger partial charge in [0.2, 0.25) is 17.7 Å². The summed E-state index contributed by atoms with van der Waals surface area (Å²) in [5, 5.41) is 18.5. The lowest BCUT2D eigenvalue weighted by atomic mass is 9.99. The molecule has 3 aromatic heterocycles. The first-order valence-corrected chi connectivity index (χ1v) is 26.4. The third-order valence-corrected chi connectivity index (χ3v) is 12.7. The number of anilines is 1. The minimum Gasteiger partial charge on any atom is -0.445 e. The molecule has 2 atom stereocenters. The van der Waals surface area contributed by atoms with E-state index in [1.165, 1.54) is 17.8 Å². The number of primary amides is 1. The summed E-state index contributed by atoms with van der Waals surface area (Å²) in [5.41, 5.74) is 13.3. The number of fused-ring (bicyclic) bond motifs is 2. The van der Waals surface area contributed by atoms with Gasteiger partial charge in [0.05, 0.1) is 81.8 Å². The molecule has 7 rings (SSSR count). The quantitative estimate of drug-likeness (QED) is 0.0266. The van der Waals surface area contributed by atoms with E-state index in [1.54, 1.807) is 50.5 Å². The molecule has 0 aliphatic carbocycles. The number of ether oxygens (including phenoxy) is 5. The lowest BCUT2D eigenvalue weighted by Crippen LogP contribution is -2.54. The number of imide groups is 1. The molecule has 5 aromatic rings. The normalized spacial score (nSPS) is 13.6. The summed E-state index contributed by atoms with van der Waals surface area (Å²) < 4.78 is 29.4. The first-order chi connectivity index (χ1) is 38.3. The van der Waals surface area contributed by atoms with E-state index in [0.717, 1.165) is 57.8 Å². The second-order valence-electron chi connectivity index (χ2n) is 18.9. The number of benzene rings is 2. The minimum atomic E-state index is -1.05. The van der Waals surface area contributed by atoms with Gasteiger partial charge >= 0.3 is 12.1 Å². The van der Waals surface area contributed by atoms with Crippen LogP contribution < -0.4 is 32.3 Å². The molecule has 2 aromatic carbocycles. The smallest absolute Gasteiger partial charge is 0.407 e. The highest BCUT2D eigenvalue weighted by Gasteiger charge is 2.30. The van der Waals surface area contributed by atoms with E-state index in [2.05, 4.69) is 41.2 Å². The highest BCUT2D eigenvalue weighted by atomic mass is 16.6. The molecular weight excluding hydrogens is 1020 g/mol. The average Bonchev–Trinajstić information content (AvgIpc) is 4.37. The molecule has 0 unspecified atom stereocenters. The van der Waals surface area contributed by atoms with E-state index in [4.69, 9.17) is 39.5 Å². The molecule has 0 spiro atoms. The van der Waals surface area contributed by atoms with Crippen molar-refractivity contribution in [2.75, 3.05) is 77.8 Å². The Kier molecular flexibility index (Phi) is 22.3. The number of nitrogens with zero attached hydrogens (tertiary/aromatic N) is 6. The molecule has 0 fully saturated rings. The Bertz CT molecular complexity index is 2900. The largest absolute Gasteiger partial charge is 0.445 e. The Balaban J connectivity index is 0.796. The van der Waals surface area contributed by atoms with Gasteiger partial charge < -0.3 is 56.0 Å². The van der Waals surface area contributed by atoms with Gasteiger partial charge in [0, 0.05) is 74.0 Å². The number of aryl methyl sites for hydroxylation is 1. The Morgan fingerprint density at radius 2 is 1.49 bits per heavy atom. The van der Waals surface area contributed by atoms with Crippen molar-refractivity contribution in [3.8, 4) is 22.5 Å². The second-order valence-corrected chi connectivity index (χ2v) is 18.9. The van der Waals surface area contributed by atoms with Crippen LogP contribution in [0.15, 0.2) is 85.2 Å². The number of carbonyl (C=O) groups is 7. The number of amides is 8. The van der Waals surface area contributed by atoms with Crippen molar-refractivity contribution >= 4 is 58.4 Å². The SMILES string of the molecule is CC(C)[C@H](NC(=O)CCOCCOCCOCCOCCN1C(=O)C=CC1=O)C(=O)N[C@@H](CCCNC(N)=O)C(=O)Nc1ccc(COC(=O)NCCc2cnc3ccc(-c4c(-c5ccccn5)nn5c4CCC5)cc3n2)cc1. The van der Waals surface area contributed by atoms with Crippen molar-refractivity contribution in [3.05, 3.63) is 102 Å². The lowest BCUT2D eigenvalue weighted by Gasteiger charge is -2.25. The van der Waals surface area contributed by atoms with Crippen LogP contribution in [0.2, 0.25) is 0 Å². The molecule has 0 saturated heterocycles. The highest BCUT2D eigenvalue weighted by molar-refractivity contribution is 6.12. The van der Waals surface area contributed by atoms with Crippen molar-refractivity contribution in [1.82, 2.24) is 50.9 Å². The fraction of sp³-hybridized carbons (Fsp3) is 0.436. The molecule has 8 amide bonds. The standard InChI is InChI=1S/C55H68N12O12/c1-36(2)50(64-46(68)19-25-75-27-29-77-31-32-78-30-28-76-26-24-66-47(69)16-17-48(66)70)53(72)63-43(8-5-21-58-54(56)73)52(71)62-39-13-10-37(11-14-39)35-79-55(74)59-22-18-40-34-60-41-15-12-38(33-44(41)61-40)49-45-9-6-23-67(45)65-51(49)42-7-3-4-20-57-42/h3-4,7,10-17,20,33-34,36,43,50H,5-6,8-9,18-19,21-32,35H2,1-2H3,(H,59,74)(H,62,71)(H,63,72)(H,64,68)(H3,56,58,73)/t43-,50-/m0/s1. The Morgan fingerprint density at radius 1 is 0.772 bits per heavy atom. The van der Waals surface area contributed by atoms with E-state index in [9.17, 15) is 33.6 Å². The second kappa shape index (κ2) is 30.1. The van der Waals surface area contributed by atoms with Gasteiger partial charge in [-0.2, -0.15) is 5.10 Å². The van der Waals surface area contributed by atoms with Crippen LogP contribution in [-0.4, -0.2) is 156 Å². The molecule has 0 bridgehead atoms. The van der Waals surface area contributed by atoms with Gasteiger partial charge in [-0.05, 0) is 79.1 Å². The number of nitrogens with one attached hydrogen (secondary N) is 5. The number of hydrogen-bond acceptors (Lipinski definition) is 16. The number of pyridine rings is 1. The van der Waals surface area contributed by atoms with Gasteiger partial charge in [0.15, 0.2) is 0 Å². The van der Waals surface area contributed by atoms with E-state index in [1.807, 2.05) is 36.4 Å². The predicted octanol–water partition coefficient (Wildman–Crippen LogP) is 3.36. The zero-order valence-corrected chi connectivity index (χ0v) is 44.4. The maximum atomic E-state index is 13.6. The molecule has 0 radical (unpaired) electrons. The molecule has 7 N–H and O–H groups in total. The number of hydrogen-bond donors (Lipinski definition) is 6. The van der Waals surface area contributed by atoms with Crippen molar-refractivity contribution in [3.63, 3.8) is 0 Å². The first-order valence-electron chi connectivity index (χ1n) is 26.4. The number of nitrogens with two attached hydrogens (primary N) is 1. The van der Waals surface area contributed by atoms with Gasteiger partial charge in [-0.15, -0.1) is 0 Å². The van der Waals surface area contributed by atoms with Gasteiger partial charge in [-0.25, -0.2) is 14.6 Å². The van der Waals surface area contributed by atoms with Crippen molar-refractivity contribution in [2.24, 2.45) is 11.7 Å². The fourth-order valence-corrected chi connectivity index (χ4v) is 8.61. The summed E-state index contributed by atoms with van der Waals surface area (Å²) in [6.45, 7) is 6.94. The Hall–Kier alpha value is -8.19. The van der Waals surface area contributed by atoms with Gasteiger partial charge in [0.1, 0.15) is 24.4 Å². The van der Waals surface area contributed by atoms with Crippen molar-refractivity contribution < 1.29 is 57.2 Å². The third-order valence-electron chi connectivity index (χ3n) is 12.7. The topological polar surface area (TPSA) is 312 Å². The molecule has 24 nitrogen and oxygen atoms in total. The number of urea groups is 1.